The van der Waals surface area contributed by atoms with Crippen molar-refractivity contribution in [3.05, 3.63) is 23.8 Å². The maximum absolute atomic E-state index is 10.4. The zero-order valence-corrected chi connectivity index (χ0v) is 19.3. The summed E-state index contributed by atoms with van der Waals surface area (Å²) >= 11 is 0. The molecule has 7 nitrogen and oxygen atoms in total. The van der Waals surface area contributed by atoms with Crippen LogP contribution >= 0.6 is 0 Å². The molecule has 2 aliphatic rings. The molecule has 1 aromatic carbocycles. The summed E-state index contributed by atoms with van der Waals surface area (Å²) in [6.07, 6.45) is 5.91. The SMILES string of the molecule is COc1cc(CN(C)C[C@@H](O)COC2CCCCC2)ccc1OCCN1CCOCC1. The Morgan fingerprint density at radius 2 is 1.94 bits per heavy atom. The van der Waals surface area contributed by atoms with Crippen LogP contribution in [0.3, 0.4) is 0 Å². The van der Waals surface area contributed by atoms with Crippen molar-refractivity contribution in [1.29, 1.82) is 0 Å². The molecule has 1 aliphatic heterocycles. The number of methoxy groups -OCH3 is 1. The van der Waals surface area contributed by atoms with Crippen molar-refractivity contribution >= 4 is 0 Å². The predicted molar refractivity (Wildman–Crippen MR) is 121 cm³/mol. The third-order valence-corrected chi connectivity index (χ3v) is 6.05. The first-order valence-electron chi connectivity index (χ1n) is 11.7. The third kappa shape index (κ3) is 8.58. The van der Waals surface area contributed by atoms with Crippen LogP contribution < -0.4 is 9.47 Å². The molecule has 3 rings (SSSR count). The first-order chi connectivity index (χ1) is 15.1. The summed E-state index contributed by atoms with van der Waals surface area (Å²) < 4.78 is 22.8. The van der Waals surface area contributed by atoms with Crippen LogP contribution in [0.1, 0.15) is 37.7 Å². The molecule has 1 saturated heterocycles. The molecular formula is C24H40N2O5. The zero-order chi connectivity index (χ0) is 21.9. The molecule has 31 heavy (non-hydrogen) atoms. The lowest BCUT2D eigenvalue weighted by Crippen LogP contribution is -2.38. The number of nitrogens with zero attached hydrogens (tertiary/aromatic N) is 2. The summed E-state index contributed by atoms with van der Waals surface area (Å²) in [5.41, 5.74) is 1.13. The number of aliphatic hydroxyl groups is 1. The highest BCUT2D eigenvalue weighted by Crippen LogP contribution is 2.28. The maximum atomic E-state index is 10.4. The number of ether oxygens (including phenoxy) is 4. The van der Waals surface area contributed by atoms with Gasteiger partial charge in [0.25, 0.3) is 0 Å². The largest absolute Gasteiger partial charge is 0.493 e. The van der Waals surface area contributed by atoms with Gasteiger partial charge in [-0.15, -0.1) is 0 Å². The molecule has 176 valence electrons. The summed E-state index contributed by atoms with van der Waals surface area (Å²) in [4.78, 5) is 4.46. The smallest absolute Gasteiger partial charge is 0.161 e. The van der Waals surface area contributed by atoms with E-state index in [4.69, 9.17) is 18.9 Å². The van der Waals surface area contributed by atoms with Gasteiger partial charge in [-0.05, 0) is 37.6 Å². The van der Waals surface area contributed by atoms with Gasteiger partial charge in [0.05, 0.1) is 39.1 Å². The van der Waals surface area contributed by atoms with E-state index in [0.717, 1.165) is 69.3 Å². The molecule has 0 amide bonds. The van der Waals surface area contributed by atoms with Crippen molar-refractivity contribution in [1.82, 2.24) is 9.80 Å². The highest BCUT2D eigenvalue weighted by atomic mass is 16.5. The Morgan fingerprint density at radius 3 is 2.68 bits per heavy atom. The van der Waals surface area contributed by atoms with E-state index in [2.05, 4.69) is 15.9 Å². The van der Waals surface area contributed by atoms with Crippen LogP contribution in [0.4, 0.5) is 0 Å². The van der Waals surface area contributed by atoms with Gasteiger partial charge in [0.15, 0.2) is 11.5 Å². The summed E-state index contributed by atoms with van der Waals surface area (Å²) in [5.74, 6) is 1.51. The van der Waals surface area contributed by atoms with Crippen molar-refractivity contribution in [3.8, 4) is 11.5 Å². The Balaban J connectivity index is 1.40. The third-order valence-electron chi connectivity index (χ3n) is 6.05. The average molecular weight is 437 g/mol. The van der Waals surface area contributed by atoms with E-state index in [1.165, 1.54) is 19.3 Å². The second-order valence-electron chi connectivity index (χ2n) is 8.73. The maximum Gasteiger partial charge on any atom is 0.161 e. The summed E-state index contributed by atoms with van der Waals surface area (Å²) in [7, 11) is 3.69. The fourth-order valence-corrected chi connectivity index (χ4v) is 4.31. The fraction of sp³-hybridized carbons (Fsp3) is 0.750. The average Bonchev–Trinajstić information content (AvgIpc) is 2.80. The molecule has 0 unspecified atom stereocenters. The second-order valence-corrected chi connectivity index (χ2v) is 8.73. The minimum Gasteiger partial charge on any atom is -0.493 e. The molecule has 1 heterocycles. The quantitative estimate of drug-likeness (QED) is 0.540. The van der Waals surface area contributed by atoms with E-state index in [1.54, 1.807) is 7.11 Å². The minimum absolute atomic E-state index is 0.328. The number of hydrogen-bond acceptors (Lipinski definition) is 7. The van der Waals surface area contributed by atoms with Crippen molar-refractivity contribution in [2.75, 3.05) is 66.8 Å². The van der Waals surface area contributed by atoms with Gasteiger partial charge in [-0.2, -0.15) is 0 Å². The predicted octanol–water partition coefficient (Wildman–Crippen LogP) is 2.55. The molecule has 0 spiro atoms. The van der Waals surface area contributed by atoms with Crippen molar-refractivity contribution in [3.63, 3.8) is 0 Å². The number of morpholine rings is 1. The zero-order valence-electron chi connectivity index (χ0n) is 19.3. The van der Waals surface area contributed by atoms with Crippen molar-refractivity contribution in [2.24, 2.45) is 0 Å². The van der Waals surface area contributed by atoms with Gasteiger partial charge in [0.1, 0.15) is 6.61 Å². The summed E-state index contributed by atoms with van der Waals surface area (Å²) in [6.45, 7) is 6.75. The molecule has 0 aromatic heterocycles. The standard InChI is InChI=1S/C24H40N2O5/c1-25(18-21(27)19-31-22-6-4-3-5-7-22)17-20-8-9-23(24(16-20)28-2)30-15-12-26-10-13-29-14-11-26/h8-9,16,21-22,27H,3-7,10-15,17-19H2,1-2H3/t21-/m1/s1. The molecule has 0 bridgehead atoms. The van der Waals surface area contributed by atoms with Gasteiger partial charge < -0.3 is 24.1 Å². The Labute approximate surface area is 187 Å². The normalized spacial score (nSPS) is 19.5. The van der Waals surface area contributed by atoms with E-state index in [1.807, 2.05) is 19.2 Å². The molecule has 1 aromatic rings. The number of benzene rings is 1. The van der Waals surface area contributed by atoms with E-state index in [9.17, 15) is 5.11 Å². The van der Waals surface area contributed by atoms with Crippen LogP contribution in [0.25, 0.3) is 0 Å². The highest BCUT2D eigenvalue weighted by molar-refractivity contribution is 5.43. The minimum atomic E-state index is -0.475. The first kappa shape index (κ1) is 24.3. The van der Waals surface area contributed by atoms with Crippen molar-refractivity contribution < 1.29 is 24.1 Å². The molecule has 0 radical (unpaired) electrons. The molecular weight excluding hydrogens is 396 g/mol. The topological polar surface area (TPSA) is 63.6 Å². The number of rotatable bonds is 12. The molecule has 2 fully saturated rings. The van der Waals surface area contributed by atoms with Crippen LogP contribution in [-0.2, 0) is 16.0 Å². The lowest BCUT2D eigenvalue weighted by atomic mass is 9.98. The van der Waals surface area contributed by atoms with Crippen LogP contribution in [-0.4, -0.2) is 93.9 Å². The molecule has 7 heteroatoms. The van der Waals surface area contributed by atoms with E-state index in [0.29, 0.717) is 25.9 Å². The lowest BCUT2D eigenvalue weighted by molar-refractivity contribution is -0.0319. The Bertz CT molecular complexity index is 632. The number of likely N-dealkylation sites (N-methyl/N-ethyl adjacent to an activating group) is 1. The first-order valence-corrected chi connectivity index (χ1v) is 11.7. The van der Waals surface area contributed by atoms with Gasteiger partial charge in [-0.3, -0.25) is 9.80 Å². The van der Waals surface area contributed by atoms with Gasteiger partial charge in [0.2, 0.25) is 0 Å². The molecule has 1 N–H and O–H groups in total. The van der Waals surface area contributed by atoms with Crippen LogP contribution in [0, 0.1) is 0 Å². The molecule has 1 atom stereocenters. The lowest BCUT2D eigenvalue weighted by Gasteiger charge is -2.26. The summed E-state index contributed by atoms with van der Waals surface area (Å²) in [5, 5.41) is 10.4. The van der Waals surface area contributed by atoms with Crippen LogP contribution in [0.2, 0.25) is 0 Å². The van der Waals surface area contributed by atoms with Gasteiger partial charge >= 0.3 is 0 Å². The van der Waals surface area contributed by atoms with Crippen molar-refractivity contribution in [2.45, 2.75) is 50.9 Å². The number of hydrogen-bond donors (Lipinski definition) is 1. The van der Waals surface area contributed by atoms with E-state index >= 15 is 0 Å². The fourth-order valence-electron chi connectivity index (χ4n) is 4.31. The Kier molecular flexibility index (Phi) is 10.4. The Morgan fingerprint density at radius 1 is 1.16 bits per heavy atom. The monoisotopic (exact) mass is 436 g/mol. The highest BCUT2D eigenvalue weighted by Gasteiger charge is 2.17. The van der Waals surface area contributed by atoms with E-state index in [-0.39, 0.29) is 0 Å². The van der Waals surface area contributed by atoms with Gasteiger partial charge in [-0.1, -0.05) is 25.3 Å². The summed E-state index contributed by atoms with van der Waals surface area (Å²) in [6, 6.07) is 6.06. The number of aliphatic hydroxyl groups excluding tert-OH is 1. The van der Waals surface area contributed by atoms with Gasteiger partial charge in [-0.25, -0.2) is 0 Å². The van der Waals surface area contributed by atoms with Crippen LogP contribution in [0.5, 0.6) is 11.5 Å². The van der Waals surface area contributed by atoms with Gasteiger partial charge in [0, 0.05) is 32.7 Å². The molecule has 1 saturated carbocycles. The Hall–Kier alpha value is -1.38. The van der Waals surface area contributed by atoms with Crippen LogP contribution in [0.15, 0.2) is 18.2 Å². The second kappa shape index (κ2) is 13.2. The molecule has 1 aliphatic carbocycles. The van der Waals surface area contributed by atoms with E-state index < -0.39 is 6.10 Å².